The van der Waals surface area contributed by atoms with E-state index in [0.717, 1.165) is 25.7 Å². The van der Waals surface area contributed by atoms with Crippen LogP contribution < -0.4 is 17.0 Å². The van der Waals surface area contributed by atoms with Crippen molar-refractivity contribution in [2.24, 2.45) is 5.73 Å². The molecular weight excluding hydrogens is 338 g/mol. The lowest BCUT2D eigenvalue weighted by Gasteiger charge is -2.17. The SMILES string of the molecule is CCCCCCCC(=O)OC1CC(n2cc(C)c(=O)[nH]c2=O)OC1CN. The Morgan fingerprint density at radius 1 is 1.35 bits per heavy atom. The smallest absolute Gasteiger partial charge is 0.330 e. The van der Waals surface area contributed by atoms with Gasteiger partial charge in [0.25, 0.3) is 5.56 Å². The Morgan fingerprint density at radius 3 is 2.77 bits per heavy atom. The van der Waals surface area contributed by atoms with Crippen molar-refractivity contribution in [2.75, 3.05) is 6.54 Å². The van der Waals surface area contributed by atoms with Gasteiger partial charge in [-0.3, -0.25) is 19.1 Å². The normalized spacial score (nSPS) is 22.5. The molecule has 146 valence electrons. The number of carbonyl (C=O) groups is 1. The molecule has 0 amide bonds. The van der Waals surface area contributed by atoms with Crippen LogP contribution in [-0.4, -0.2) is 34.3 Å². The van der Waals surface area contributed by atoms with E-state index >= 15 is 0 Å². The first kappa shape index (κ1) is 20.4. The van der Waals surface area contributed by atoms with Gasteiger partial charge in [-0.25, -0.2) is 4.79 Å². The van der Waals surface area contributed by atoms with E-state index in [1.165, 1.54) is 17.2 Å². The molecule has 1 aliphatic heterocycles. The number of rotatable bonds is 9. The van der Waals surface area contributed by atoms with Crippen LogP contribution in [0.5, 0.6) is 0 Å². The summed E-state index contributed by atoms with van der Waals surface area (Å²) >= 11 is 0. The molecule has 0 aliphatic carbocycles. The summed E-state index contributed by atoms with van der Waals surface area (Å²) in [5, 5.41) is 0. The molecule has 1 aromatic rings. The summed E-state index contributed by atoms with van der Waals surface area (Å²) in [5.74, 6) is -0.265. The zero-order valence-corrected chi connectivity index (χ0v) is 15.5. The number of nitrogens with one attached hydrogen (secondary N) is 1. The number of hydrogen-bond acceptors (Lipinski definition) is 6. The Bertz CT molecular complexity index is 712. The zero-order valence-electron chi connectivity index (χ0n) is 15.5. The van der Waals surface area contributed by atoms with Crippen LogP contribution in [0.3, 0.4) is 0 Å². The second-order valence-corrected chi connectivity index (χ2v) is 6.77. The minimum atomic E-state index is -0.617. The molecule has 3 unspecified atom stereocenters. The molecule has 0 bridgehead atoms. The average Bonchev–Trinajstić information content (AvgIpc) is 3.00. The molecule has 0 radical (unpaired) electrons. The largest absolute Gasteiger partial charge is 0.459 e. The molecule has 1 aliphatic rings. The van der Waals surface area contributed by atoms with E-state index in [9.17, 15) is 14.4 Å². The van der Waals surface area contributed by atoms with Crippen LogP contribution in [0.1, 0.15) is 63.7 Å². The number of H-pyrrole nitrogens is 1. The van der Waals surface area contributed by atoms with Gasteiger partial charge in [0, 0.05) is 31.1 Å². The van der Waals surface area contributed by atoms with Gasteiger partial charge in [-0.05, 0) is 13.3 Å². The van der Waals surface area contributed by atoms with Crippen molar-refractivity contribution in [1.82, 2.24) is 9.55 Å². The zero-order chi connectivity index (χ0) is 19.1. The van der Waals surface area contributed by atoms with Gasteiger partial charge in [0.15, 0.2) is 0 Å². The first-order valence-corrected chi connectivity index (χ1v) is 9.33. The van der Waals surface area contributed by atoms with E-state index in [1.807, 2.05) is 0 Å². The molecule has 8 heteroatoms. The second kappa shape index (κ2) is 9.68. The van der Waals surface area contributed by atoms with Crippen molar-refractivity contribution in [2.45, 2.75) is 77.2 Å². The number of aromatic amines is 1. The third kappa shape index (κ3) is 5.28. The summed E-state index contributed by atoms with van der Waals surface area (Å²) in [6, 6.07) is 0. The molecule has 2 rings (SSSR count). The molecule has 1 saturated heterocycles. The van der Waals surface area contributed by atoms with Crippen molar-refractivity contribution in [3.05, 3.63) is 32.6 Å². The van der Waals surface area contributed by atoms with Crippen molar-refractivity contribution < 1.29 is 14.3 Å². The number of aryl methyl sites for hydroxylation is 1. The standard InChI is InChI=1S/C18H29N3O5/c1-3-4-5-6-7-8-16(22)26-13-9-15(25-14(13)10-19)21-11-12(2)17(23)20-18(21)24/h11,13-15H,3-10,19H2,1-2H3,(H,20,23,24). The van der Waals surface area contributed by atoms with E-state index in [-0.39, 0.29) is 12.5 Å². The van der Waals surface area contributed by atoms with E-state index in [4.69, 9.17) is 15.2 Å². The predicted octanol–water partition coefficient (Wildman–Crippen LogP) is 1.36. The molecule has 0 spiro atoms. The lowest BCUT2D eigenvalue weighted by Crippen LogP contribution is -2.34. The highest BCUT2D eigenvalue weighted by molar-refractivity contribution is 5.69. The Hall–Kier alpha value is -1.93. The Morgan fingerprint density at radius 2 is 2.08 bits per heavy atom. The van der Waals surface area contributed by atoms with E-state index in [1.54, 1.807) is 6.92 Å². The monoisotopic (exact) mass is 367 g/mol. The molecule has 0 saturated carbocycles. The van der Waals surface area contributed by atoms with Crippen molar-refractivity contribution in [1.29, 1.82) is 0 Å². The van der Waals surface area contributed by atoms with E-state index in [0.29, 0.717) is 18.4 Å². The third-order valence-electron chi connectivity index (χ3n) is 4.64. The number of unbranched alkanes of at least 4 members (excludes halogenated alkanes) is 4. The van der Waals surface area contributed by atoms with Gasteiger partial charge < -0.3 is 15.2 Å². The number of nitrogens with zero attached hydrogens (tertiary/aromatic N) is 1. The topological polar surface area (TPSA) is 116 Å². The molecule has 1 fully saturated rings. The molecule has 8 nitrogen and oxygen atoms in total. The Labute approximate surface area is 152 Å². The molecule has 3 N–H and O–H groups in total. The number of esters is 1. The fraction of sp³-hybridized carbons (Fsp3) is 0.722. The fourth-order valence-electron chi connectivity index (χ4n) is 3.11. The Kier molecular flexibility index (Phi) is 7.59. The number of nitrogens with two attached hydrogens (primary N) is 1. The lowest BCUT2D eigenvalue weighted by atomic mass is 10.1. The fourth-order valence-corrected chi connectivity index (χ4v) is 3.11. The van der Waals surface area contributed by atoms with Crippen LogP contribution in [0, 0.1) is 6.92 Å². The summed E-state index contributed by atoms with van der Waals surface area (Å²) in [7, 11) is 0. The highest BCUT2D eigenvalue weighted by atomic mass is 16.6. The molecule has 1 aromatic heterocycles. The van der Waals surface area contributed by atoms with Crippen LogP contribution in [-0.2, 0) is 14.3 Å². The molecule has 0 aromatic carbocycles. The van der Waals surface area contributed by atoms with Gasteiger partial charge in [0.05, 0.1) is 0 Å². The van der Waals surface area contributed by atoms with Crippen LogP contribution >= 0.6 is 0 Å². The number of ether oxygens (including phenoxy) is 2. The third-order valence-corrected chi connectivity index (χ3v) is 4.64. The predicted molar refractivity (Wildman–Crippen MR) is 96.9 cm³/mol. The van der Waals surface area contributed by atoms with Gasteiger partial charge in [0.2, 0.25) is 0 Å². The maximum absolute atomic E-state index is 12.1. The summed E-state index contributed by atoms with van der Waals surface area (Å²) < 4.78 is 12.6. The molecular formula is C18H29N3O5. The first-order valence-electron chi connectivity index (χ1n) is 9.33. The molecule has 2 heterocycles. The highest BCUT2D eigenvalue weighted by Crippen LogP contribution is 2.29. The van der Waals surface area contributed by atoms with Gasteiger partial charge in [-0.1, -0.05) is 32.6 Å². The lowest BCUT2D eigenvalue weighted by molar-refractivity contribution is -0.151. The van der Waals surface area contributed by atoms with Gasteiger partial charge in [0.1, 0.15) is 18.4 Å². The van der Waals surface area contributed by atoms with Crippen LogP contribution in [0.4, 0.5) is 0 Å². The van der Waals surface area contributed by atoms with Gasteiger partial charge in [-0.2, -0.15) is 0 Å². The van der Waals surface area contributed by atoms with Crippen LogP contribution in [0.25, 0.3) is 0 Å². The average molecular weight is 367 g/mol. The van der Waals surface area contributed by atoms with Crippen molar-refractivity contribution >= 4 is 5.97 Å². The van der Waals surface area contributed by atoms with Gasteiger partial charge in [-0.15, -0.1) is 0 Å². The summed E-state index contributed by atoms with van der Waals surface area (Å²) in [5.41, 5.74) is 5.16. The van der Waals surface area contributed by atoms with Crippen LogP contribution in [0.2, 0.25) is 0 Å². The van der Waals surface area contributed by atoms with Crippen LogP contribution in [0.15, 0.2) is 15.8 Å². The van der Waals surface area contributed by atoms with Crippen molar-refractivity contribution in [3.63, 3.8) is 0 Å². The summed E-state index contributed by atoms with van der Waals surface area (Å²) in [4.78, 5) is 37.8. The minimum absolute atomic E-state index is 0.183. The van der Waals surface area contributed by atoms with E-state index < -0.39 is 29.7 Å². The number of carbonyl (C=O) groups excluding carboxylic acids is 1. The second-order valence-electron chi connectivity index (χ2n) is 6.77. The van der Waals surface area contributed by atoms with Gasteiger partial charge >= 0.3 is 11.7 Å². The summed E-state index contributed by atoms with van der Waals surface area (Å²) in [6.07, 6.45) is 5.86. The Balaban J connectivity index is 1.94. The maximum Gasteiger partial charge on any atom is 0.330 e. The highest BCUT2D eigenvalue weighted by Gasteiger charge is 2.38. The van der Waals surface area contributed by atoms with E-state index in [2.05, 4.69) is 11.9 Å². The van der Waals surface area contributed by atoms with Crippen molar-refractivity contribution in [3.8, 4) is 0 Å². The molecule has 3 atom stereocenters. The number of aromatic nitrogens is 2. The first-order chi connectivity index (χ1) is 12.5. The maximum atomic E-state index is 12.1. The minimum Gasteiger partial charge on any atom is -0.459 e. The molecule has 26 heavy (non-hydrogen) atoms. The number of hydrogen-bond donors (Lipinski definition) is 2. The quantitative estimate of drug-likeness (QED) is 0.503. The summed E-state index contributed by atoms with van der Waals surface area (Å²) in [6.45, 7) is 3.94.